The van der Waals surface area contributed by atoms with Crippen molar-refractivity contribution in [1.29, 1.82) is 0 Å². The van der Waals surface area contributed by atoms with E-state index < -0.39 is 34.3 Å². The van der Waals surface area contributed by atoms with Gasteiger partial charge in [0.1, 0.15) is 17.8 Å². The Hall–Kier alpha value is -3.23. The lowest BCUT2D eigenvalue weighted by Gasteiger charge is -2.15. The molecule has 0 aliphatic carbocycles. The van der Waals surface area contributed by atoms with Crippen molar-refractivity contribution in [2.24, 2.45) is 12.1 Å². The Morgan fingerprint density at radius 1 is 1.12 bits per heavy atom. The first-order valence-corrected chi connectivity index (χ1v) is 11.2. The fourth-order valence-electron chi connectivity index (χ4n) is 3.00. The molecular formula is C19H18F6N6O2S. The summed E-state index contributed by atoms with van der Waals surface area (Å²) in [7, 11) is -1.39. The van der Waals surface area contributed by atoms with Crippen molar-refractivity contribution in [2.75, 3.05) is 19.3 Å². The molecular weight excluding hydrogens is 490 g/mol. The van der Waals surface area contributed by atoms with Crippen LogP contribution >= 0.6 is 0 Å². The number of pyridine rings is 2. The van der Waals surface area contributed by atoms with E-state index in [4.69, 9.17) is 0 Å². The maximum atomic E-state index is 13.0. The number of halogens is 6. The summed E-state index contributed by atoms with van der Waals surface area (Å²) >= 11 is 0. The number of rotatable bonds is 6. The predicted octanol–water partition coefficient (Wildman–Crippen LogP) is 3.67. The van der Waals surface area contributed by atoms with Crippen LogP contribution in [0.1, 0.15) is 18.1 Å². The predicted molar refractivity (Wildman–Crippen MR) is 111 cm³/mol. The number of aromatic nitrogens is 4. The number of imidazole rings is 1. The number of hydrogen-bond acceptors (Lipinski definition) is 7. The van der Waals surface area contributed by atoms with Gasteiger partial charge in [-0.15, -0.1) is 0 Å². The van der Waals surface area contributed by atoms with Gasteiger partial charge >= 0.3 is 12.4 Å². The van der Waals surface area contributed by atoms with Crippen LogP contribution in [0.4, 0.5) is 26.3 Å². The molecule has 0 radical (unpaired) electrons. The summed E-state index contributed by atoms with van der Waals surface area (Å²) < 4.78 is 103. The third-order valence-corrected chi connectivity index (χ3v) is 6.39. The fraction of sp³-hybridized carbons (Fsp3) is 0.368. The van der Waals surface area contributed by atoms with Crippen LogP contribution in [0, 0.1) is 0 Å². The monoisotopic (exact) mass is 508 g/mol. The number of hydrazone groups is 1. The number of fused-ring (bicyclic) bond motifs is 1. The highest BCUT2D eigenvalue weighted by Crippen LogP contribution is 2.32. The van der Waals surface area contributed by atoms with E-state index in [1.807, 2.05) is 0 Å². The summed E-state index contributed by atoms with van der Waals surface area (Å²) in [4.78, 5) is 11.7. The van der Waals surface area contributed by atoms with E-state index in [1.54, 1.807) is 0 Å². The number of aryl methyl sites for hydroxylation is 1. The number of alkyl halides is 6. The average molecular weight is 508 g/mol. The van der Waals surface area contributed by atoms with Gasteiger partial charge in [-0.05, 0) is 12.1 Å². The Morgan fingerprint density at radius 2 is 1.79 bits per heavy atom. The smallest absolute Gasteiger partial charge is 0.310 e. The highest BCUT2D eigenvalue weighted by atomic mass is 32.2. The number of nitrogens with zero attached hydrogens (tertiary/aromatic N) is 6. The van der Waals surface area contributed by atoms with Crippen LogP contribution < -0.4 is 0 Å². The lowest BCUT2D eigenvalue weighted by Crippen LogP contribution is -2.27. The molecule has 0 N–H and O–H groups in total. The van der Waals surface area contributed by atoms with Crippen LogP contribution in [-0.2, 0) is 23.1 Å². The molecule has 0 atom stereocenters. The molecule has 15 heteroatoms. The van der Waals surface area contributed by atoms with Gasteiger partial charge in [-0.25, -0.2) is 18.4 Å². The first kappa shape index (κ1) is 25.4. The Labute approximate surface area is 189 Å². The Kier molecular flexibility index (Phi) is 6.61. The Balaban J connectivity index is 2.11. The summed E-state index contributed by atoms with van der Waals surface area (Å²) in [5.41, 5.74) is -1.11. The Bertz CT molecular complexity index is 1350. The molecule has 34 heavy (non-hydrogen) atoms. The molecule has 0 fully saturated rings. The summed E-state index contributed by atoms with van der Waals surface area (Å²) in [6.07, 6.45) is -6.30. The van der Waals surface area contributed by atoms with E-state index in [9.17, 15) is 34.8 Å². The first-order valence-electron chi connectivity index (χ1n) is 9.57. The average Bonchev–Trinajstić information content (AvgIpc) is 3.06. The molecule has 3 rings (SSSR count). The van der Waals surface area contributed by atoms with Crippen molar-refractivity contribution in [2.45, 2.75) is 24.2 Å². The standard InChI is InChI=1S/C19H18F6N6O2S/c1-4-34(32,33)14-5-11(8-28-30(2)10-18(20,21)22)7-26-15(14)17-29-13-6-12(19(23,24)25)9-27-16(13)31(17)3/h5-9H,4,10H2,1-3H3/b28-8+. The maximum Gasteiger partial charge on any atom is 0.417 e. The van der Waals surface area contributed by atoms with Gasteiger partial charge in [0.2, 0.25) is 0 Å². The van der Waals surface area contributed by atoms with Gasteiger partial charge < -0.3 is 4.57 Å². The molecule has 0 saturated heterocycles. The molecule has 0 aromatic carbocycles. The van der Waals surface area contributed by atoms with Crippen LogP contribution in [0.3, 0.4) is 0 Å². The zero-order valence-electron chi connectivity index (χ0n) is 18.0. The second-order valence-electron chi connectivity index (χ2n) is 7.25. The molecule has 0 aliphatic rings. The Morgan fingerprint density at radius 3 is 2.38 bits per heavy atom. The van der Waals surface area contributed by atoms with Crippen molar-refractivity contribution < 1.29 is 34.8 Å². The SMILES string of the molecule is CCS(=O)(=O)c1cc(/C=N/N(C)CC(F)(F)F)cnc1-c1nc2cc(C(F)(F)F)cnc2n1C. The van der Waals surface area contributed by atoms with Crippen LogP contribution in [0.5, 0.6) is 0 Å². The van der Waals surface area contributed by atoms with Crippen molar-refractivity contribution >= 4 is 27.2 Å². The molecule has 0 aliphatic heterocycles. The van der Waals surface area contributed by atoms with E-state index in [0.29, 0.717) is 11.2 Å². The third-order valence-electron chi connectivity index (χ3n) is 4.65. The van der Waals surface area contributed by atoms with Gasteiger partial charge in [0.05, 0.1) is 22.4 Å². The third kappa shape index (κ3) is 5.46. The van der Waals surface area contributed by atoms with E-state index in [2.05, 4.69) is 20.1 Å². The van der Waals surface area contributed by atoms with Gasteiger partial charge in [-0.1, -0.05) is 6.92 Å². The maximum absolute atomic E-state index is 13.0. The van der Waals surface area contributed by atoms with Crippen molar-refractivity contribution in [3.63, 3.8) is 0 Å². The van der Waals surface area contributed by atoms with E-state index in [1.165, 1.54) is 30.8 Å². The van der Waals surface area contributed by atoms with Crippen molar-refractivity contribution in [3.05, 3.63) is 35.7 Å². The molecule has 0 unspecified atom stereocenters. The largest absolute Gasteiger partial charge is 0.417 e. The quantitative estimate of drug-likeness (QED) is 0.287. The minimum atomic E-state index is -4.64. The van der Waals surface area contributed by atoms with Crippen molar-refractivity contribution in [3.8, 4) is 11.5 Å². The molecule has 0 saturated carbocycles. The summed E-state index contributed by atoms with van der Waals surface area (Å²) in [5, 5.41) is 4.25. The zero-order chi connectivity index (χ0) is 25.5. The summed E-state index contributed by atoms with van der Waals surface area (Å²) in [5.74, 6) is -0.386. The molecule has 0 bridgehead atoms. The van der Waals surface area contributed by atoms with Gasteiger partial charge in [-0.3, -0.25) is 9.99 Å². The van der Waals surface area contributed by atoms with Crippen LogP contribution in [0.15, 0.2) is 34.5 Å². The van der Waals surface area contributed by atoms with Gasteiger partial charge in [-0.2, -0.15) is 31.4 Å². The molecule has 0 amide bonds. The normalized spacial score (nSPS) is 13.2. The highest BCUT2D eigenvalue weighted by molar-refractivity contribution is 7.91. The lowest BCUT2D eigenvalue weighted by atomic mass is 10.2. The second-order valence-corrected chi connectivity index (χ2v) is 9.50. The first-order chi connectivity index (χ1) is 15.6. The molecule has 3 heterocycles. The minimum absolute atomic E-state index is 0.0495. The van der Waals surface area contributed by atoms with Crippen LogP contribution in [0.25, 0.3) is 22.7 Å². The van der Waals surface area contributed by atoms with E-state index in [-0.39, 0.29) is 38.9 Å². The summed E-state index contributed by atoms with van der Waals surface area (Å²) in [6, 6.07) is 1.96. The number of sulfone groups is 1. The van der Waals surface area contributed by atoms with Crippen LogP contribution in [0.2, 0.25) is 0 Å². The second kappa shape index (κ2) is 8.85. The zero-order valence-corrected chi connectivity index (χ0v) is 18.8. The molecule has 3 aromatic rings. The molecule has 184 valence electrons. The van der Waals surface area contributed by atoms with E-state index in [0.717, 1.165) is 19.3 Å². The minimum Gasteiger partial charge on any atom is -0.310 e. The van der Waals surface area contributed by atoms with Gasteiger partial charge in [0, 0.05) is 32.1 Å². The molecule has 3 aromatic heterocycles. The molecule has 0 spiro atoms. The fourth-order valence-corrected chi connectivity index (χ4v) is 4.06. The van der Waals surface area contributed by atoms with Gasteiger partial charge in [0.15, 0.2) is 21.3 Å². The summed E-state index contributed by atoms with van der Waals surface area (Å²) in [6.45, 7) is 0.0605. The van der Waals surface area contributed by atoms with E-state index >= 15 is 0 Å². The number of hydrogen-bond donors (Lipinski definition) is 0. The van der Waals surface area contributed by atoms with Gasteiger partial charge in [0.25, 0.3) is 0 Å². The highest BCUT2D eigenvalue weighted by Gasteiger charge is 2.32. The molecule has 8 nitrogen and oxygen atoms in total. The topological polar surface area (TPSA) is 93.3 Å². The van der Waals surface area contributed by atoms with Crippen molar-refractivity contribution in [1.82, 2.24) is 24.5 Å². The lowest BCUT2D eigenvalue weighted by molar-refractivity contribution is -0.143. The van der Waals surface area contributed by atoms with Crippen LogP contribution in [-0.4, -0.2) is 64.7 Å².